The topological polar surface area (TPSA) is 96.2 Å². The van der Waals surface area contributed by atoms with Gasteiger partial charge < -0.3 is 15.0 Å². The van der Waals surface area contributed by atoms with Crippen LogP contribution in [0.4, 0.5) is 19.0 Å². The summed E-state index contributed by atoms with van der Waals surface area (Å²) >= 11 is 0. The number of aromatic nitrogens is 4. The molecule has 39 heavy (non-hydrogen) atoms. The van der Waals surface area contributed by atoms with Gasteiger partial charge in [0.25, 0.3) is 0 Å². The van der Waals surface area contributed by atoms with Crippen LogP contribution in [-0.2, 0) is 19.3 Å². The highest BCUT2D eigenvalue weighted by Crippen LogP contribution is 2.33. The maximum absolute atomic E-state index is 13.2. The molecule has 0 amide bonds. The van der Waals surface area contributed by atoms with Gasteiger partial charge in [-0.25, -0.2) is 19.7 Å². The molecule has 1 aromatic carbocycles. The third-order valence-corrected chi connectivity index (χ3v) is 8.31. The molecule has 0 bridgehead atoms. The van der Waals surface area contributed by atoms with Crippen LogP contribution in [0.25, 0.3) is 11.2 Å². The lowest BCUT2D eigenvalue weighted by molar-refractivity contribution is -0.137. The van der Waals surface area contributed by atoms with E-state index in [1.807, 2.05) is 4.57 Å². The van der Waals surface area contributed by atoms with Gasteiger partial charge in [-0.1, -0.05) is 37.8 Å². The van der Waals surface area contributed by atoms with Crippen LogP contribution in [-0.4, -0.2) is 54.6 Å². The lowest BCUT2D eigenvalue weighted by Crippen LogP contribution is -2.34. The molecule has 1 unspecified atom stereocenters. The van der Waals surface area contributed by atoms with Gasteiger partial charge in [-0.2, -0.15) is 13.2 Å². The van der Waals surface area contributed by atoms with E-state index in [1.54, 1.807) is 0 Å². The Morgan fingerprint density at radius 3 is 2.36 bits per heavy atom. The molecule has 0 saturated heterocycles. The molecular formula is C28H35F3N6O2. The number of aromatic carboxylic acids is 1. The number of nitrogens with one attached hydrogen (secondary N) is 1. The van der Waals surface area contributed by atoms with Gasteiger partial charge in [0.1, 0.15) is 11.3 Å². The molecule has 2 heterocycles. The molecule has 2 saturated carbocycles. The Balaban J connectivity index is 1.57. The van der Waals surface area contributed by atoms with E-state index < -0.39 is 17.7 Å². The van der Waals surface area contributed by atoms with Crippen molar-refractivity contribution in [2.75, 3.05) is 12.4 Å². The molecule has 11 heteroatoms. The number of halogens is 3. The molecule has 5 rings (SSSR count). The largest absolute Gasteiger partial charge is 0.475 e. The molecule has 2 fully saturated rings. The third-order valence-electron chi connectivity index (χ3n) is 8.31. The molecule has 8 nitrogen and oxygen atoms in total. The van der Waals surface area contributed by atoms with Crippen molar-refractivity contribution in [1.29, 1.82) is 0 Å². The van der Waals surface area contributed by atoms with E-state index in [4.69, 9.17) is 4.98 Å². The van der Waals surface area contributed by atoms with E-state index in [1.165, 1.54) is 37.8 Å². The monoisotopic (exact) mass is 544 g/mol. The summed E-state index contributed by atoms with van der Waals surface area (Å²) in [6.45, 7) is 2.82. The van der Waals surface area contributed by atoms with Crippen LogP contribution in [0.3, 0.4) is 0 Å². The molecule has 2 aliphatic rings. The number of imidazole rings is 1. The number of anilines is 1. The lowest BCUT2D eigenvalue weighted by Gasteiger charge is -2.32. The summed E-state index contributed by atoms with van der Waals surface area (Å²) in [7, 11) is 2.06. The molecular weight excluding hydrogens is 509 g/mol. The maximum atomic E-state index is 13.2. The minimum atomic E-state index is -4.41. The van der Waals surface area contributed by atoms with E-state index in [-0.39, 0.29) is 24.1 Å². The Morgan fingerprint density at radius 1 is 1.08 bits per heavy atom. The first-order valence-electron chi connectivity index (χ1n) is 13.7. The van der Waals surface area contributed by atoms with Gasteiger partial charge in [-0.05, 0) is 63.3 Å². The summed E-state index contributed by atoms with van der Waals surface area (Å²) in [5, 5.41) is 13.1. The van der Waals surface area contributed by atoms with Gasteiger partial charge in [0.15, 0.2) is 11.5 Å². The van der Waals surface area contributed by atoms with Gasteiger partial charge in [0, 0.05) is 18.6 Å². The van der Waals surface area contributed by atoms with Gasteiger partial charge in [0.05, 0.1) is 12.1 Å². The predicted octanol–water partition coefficient (Wildman–Crippen LogP) is 5.96. The fourth-order valence-electron chi connectivity index (χ4n) is 5.70. The summed E-state index contributed by atoms with van der Waals surface area (Å²) in [5.41, 5.74) is 0.803. The zero-order chi connectivity index (χ0) is 27.7. The van der Waals surface area contributed by atoms with Crippen molar-refractivity contribution in [2.45, 2.75) is 89.6 Å². The first kappa shape index (κ1) is 27.4. The highest BCUT2D eigenvalue weighted by atomic mass is 19.4. The number of hydrogen-bond donors (Lipinski definition) is 2. The van der Waals surface area contributed by atoms with Gasteiger partial charge in [-0.3, -0.25) is 4.90 Å². The third kappa shape index (κ3) is 6.03. The van der Waals surface area contributed by atoms with Crippen LogP contribution in [0.15, 0.2) is 24.3 Å². The molecule has 2 aliphatic carbocycles. The smallest absolute Gasteiger partial charge is 0.416 e. The van der Waals surface area contributed by atoms with Crippen LogP contribution in [0, 0.1) is 5.92 Å². The summed E-state index contributed by atoms with van der Waals surface area (Å²) in [4.78, 5) is 27.5. The number of carboxylic acid groups (broad SMARTS) is 1. The minimum absolute atomic E-state index is 0.0706. The number of hydrogen-bond acceptors (Lipinski definition) is 6. The van der Waals surface area contributed by atoms with Crippen molar-refractivity contribution >= 4 is 23.0 Å². The standard InChI is InChI=1S/C28H35F3N6O2/c1-17(19-7-6-8-19)32-24-23-25(35-26(34-24)27(38)39)33-22(16-36(2)21-9-4-3-5-10-21)37(23)15-18-11-13-20(14-12-18)28(29,30)31/h11-14,17,19,21H,3-10,15-16H2,1-2H3,(H,38,39)(H,32,34,35). The van der Waals surface area contributed by atoms with Crippen molar-refractivity contribution in [1.82, 2.24) is 24.4 Å². The van der Waals surface area contributed by atoms with E-state index in [0.29, 0.717) is 41.2 Å². The van der Waals surface area contributed by atoms with Crippen LogP contribution < -0.4 is 5.32 Å². The number of carbonyl (C=O) groups is 1. The maximum Gasteiger partial charge on any atom is 0.416 e. The number of fused-ring (bicyclic) bond motifs is 1. The number of rotatable bonds is 9. The van der Waals surface area contributed by atoms with Crippen molar-refractivity contribution in [2.24, 2.45) is 5.92 Å². The molecule has 0 spiro atoms. The van der Waals surface area contributed by atoms with Crippen molar-refractivity contribution in [3.05, 3.63) is 47.0 Å². The van der Waals surface area contributed by atoms with Crippen LogP contribution in [0.5, 0.6) is 0 Å². The van der Waals surface area contributed by atoms with E-state index in [9.17, 15) is 23.1 Å². The van der Waals surface area contributed by atoms with Crippen molar-refractivity contribution in [3.8, 4) is 0 Å². The van der Waals surface area contributed by atoms with Crippen molar-refractivity contribution < 1.29 is 23.1 Å². The number of benzene rings is 1. The Morgan fingerprint density at radius 2 is 1.77 bits per heavy atom. The Hall–Kier alpha value is -3.21. The molecule has 210 valence electrons. The summed E-state index contributed by atoms with van der Waals surface area (Å²) in [5.74, 6) is -0.0463. The predicted molar refractivity (Wildman–Crippen MR) is 142 cm³/mol. The van der Waals surface area contributed by atoms with Gasteiger partial charge in [-0.15, -0.1) is 0 Å². The Bertz CT molecular complexity index is 1310. The average molecular weight is 545 g/mol. The number of alkyl halides is 3. The normalized spacial score (nSPS) is 17.9. The number of carboxylic acids is 1. The quantitative estimate of drug-likeness (QED) is 0.343. The molecule has 0 radical (unpaired) electrons. The molecule has 2 aromatic heterocycles. The second-order valence-electron chi connectivity index (χ2n) is 11.0. The fourth-order valence-corrected chi connectivity index (χ4v) is 5.70. The fraction of sp³-hybridized carbons (Fsp3) is 0.571. The Kier molecular flexibility index (Phi) is 7.80. The first-order chi connectivity index (χ1) is 18.6. The van der Waals surface area contributed by atoms with Crippen LogP contribution >= 0.6 is 0 Å². The van der Waals surface area contributed by atoms with Crippen LogP contribution in [0.2, 0.25) is 0 Å². The second kappa shape index (κ2) is 11.1. The summed E-state index contributed by atoms with van der Waals surface area (Å²) < 4.78 is 41.4. The first-order valence-corrected chi connectivity index (χ1v) is 13.7. The van der Waals surface area contributed by atoms with Gasteiger partial charge >= 0.3 is 12.1 Å². The highest BCUT2D eigenvalue weighted by Gasteiger charge is 2.31. The Labute approximate surface area is 225 Å². The minimum Gasteiger partial charge on any atom is -0.475 e. The molecule has 1 atom stereocenters. The number of nitrogens with zero attached hydrogens (tertiary/aromatic N) is 5. The van der Waals surface area contributed by atoms with E-state index >= 15 is 0 Å². The van der Waals surface area contributed by atoms with Gasteiger partial charge in [0.2, 0.25) is 5.82 Å². The lowest BCUT2D eigenvalue weighted by atomic mass is 9.80. The second-order valence-corrected chi connectivity index (χ2v) is 11.0. The SMILES string of the molecule is CC(Nc1nc(C(=O)O)nc2nc(CN(C)C3CCCCC3)n(Cc3ccc(C(F)(F)F)cc3)c12)C1CCC1. The zero-order valence-electron chi connectivity index (χ0n) is 22.3. The van der Waals surface area contributed by atoms with E-state index in [2.05, 4.69) is 34.2 Å². The average Bonchev–Trinajstić information content (AvgIpc) is 3.20. The van der Waals surface area contributed by atoms with Crippen molar-refractivity contribution in [3.63, 3.8) is 0 Å². The molecule has 2 N–H and O–H groups in total. The summed E-state index contributed by atoms with van der Waals surface area (Å²) in [6.07, 6.45) is 4.73. The molecule has 3 aromatic rings. The summed E-state index contributed by atoms with van der Waals surface area (Å²) in [6, 6.07) is 5.59. The zero-order valence-corrected chi connectivity index (χ0v) is 22.3. The van der Waals surface area contributed by atoms with Crippen LogP contribution in [0.1, 0.15) is 85.9 Å². The highest BCUT2D eigenvalue weighted by molar-refractivity contribution is 5.90. The molecule has 0 aliphatic heterocycles. The van der Waals surface area contributed by atoms with E-state index in [0.717, 1.165) is 37.8 Å².